The van der Waals surface area contributed by atoms with Gasteiger partial charge in [-0.3, -0.25) is 9.48 Å². The number of hydrogen-bond acceptors (Lipinski definition) is 4. The summed E-state index contributed by atoms with van der Waals surface area (Å²) in [4.78, 5) is 14.4. The predicted octanol–water partition coefficient (Wildman–Crippen LogP) is 1.09. The lowest BCUT2D eigenvalue weighted by Crippen LogP contribution is -2.42. The highest BCUT2D eigenvalue weighted by molar-refractivity contribution is 7.89. The Morgan fingerprint density at radius 1 is 1.43 bits per heavy atom. The standard InChI is InChI=1S/C15H26N4O3S/c1-11-8-13(17-19(11)15(2,3)4)14(20)18-7-5-6-12(9-18)10-23(16,21)22/h8,12H,5-7,9-10H2,1-4H3,(H2,16,21,22)/t12-/m0/s1. The van der Waals surface area contributed by atoms with Gasteiger partial charge in [0.1, 0.15) is 0 Å². The van der Waals surface area contributed by atoms with Crippen LogP contribution in [0.5, 0.6) is 0 Å². The van der Waals surface area contributed by atoms with E-state index < -0.39 is 10.0 Å². The minimum Gasteiger partial charge on any atom is -0.337 e. The second-order valence-corrected chi connectivity index (χ2v) is 9.00. The molecule has 0 aromatic carbocycles. The number of hydrogen-bond donors (Lipinski definition) is 1. The van der Waals surface area contributed by atoms with Gasteiger partial charge < -0.3 is 4.90 Å². The fourth-order valence-corrected chi connectivity index (χ4v) is 4.06. The van der Waals surface area contributed by atoms with Crippen LogP contribution in [0.3, 0.4) is 0 Å². The van der Waals surface area contributed by atoms with Crippen LogP contribution >= 0.6 is 0 Å². The van der Waals surface area contributed by atoms with E-state index in [-0.39, 0.29) is 23.1 Å². The van der Waals surface area contributed by atoms with E-state index in [0.717, 1.165) is 18.5 Å². The first-order chi connectivity index (χ1) is 10.5. The first-order valence-electron chi connectivity index (χ1n) is 7.84. The summed E-state index contributed by atoms with van der Waals surface area (Å²) in [7, 11) is -3.52. The smallest absolute Gasteiger partial charge is 0.274 e. The van der Waals surface area contributed by atoms with Gasteiger partial charge in [0.05, 0.1) is 11.3 Å². The van der Waals surface area contributed by atoms with Crippen molar-refractivity contribution in [2.75, 3.05) is 18.8 Å². The van der Waals surface area contributed by atoms with Crippen LogP contribution in [0.4, 0.5) is 0 Å². The number of sulfonamides is 1. The van der Waals surface area contributed by atoms with Crippen molar-refractivity contribution in [1.29, 1.82) is 0 Å². The maximum absolute atomic E-state index is 12.7. The molecule has 23 heavy (non-hydrogen) atoms. The van der Waals surface area contributed by atoms with E-state index in [2.05, 4.69) is 5.10 Å². The molecule has 0 bridgehead atoms. The molecule has 0 saturated carbocycles. The van der Waals surface area contributed by atoms with E-state index in [0.29, 0.717) is 18.8 Å². The Balaban J connectivity index is 2.14. The highest BCUT2D eigenvalue weighted by Crippen LogP contribution is 2.21. The second kappa shape index (κ2) is 6.24. The quantitative estimate of drug-likeness (QED) is 0.889. The molecule has 8 heteroatoms. The van der Waals surface area contributed by atoms with Crippen molar-refractivity contribution in [3.05, 3.63) is 17.5 Å². The van der Waals surface area contributed by atoms with Gasteiger partial charge in [-0.05, 0) is 52.5 Å². The Morgan fingerprint density at radius 2 is 2.09 bits per heavy atom. The van der Waals surface area contributed by atoms with Crippen molar-refractivity contribution in [2.24, 2.45) is 11.1 Å². The monoisotopic (exact) mass is 342 g/mol. The van der Waals surface area contributed by atoms with E-state index in [9.17, 15) is 13.2 Å². The molecule has 1 aromatic rings. The van der Waals surface area contributed by atoms with Gasteiger partial charge in [0.15, 0.2) is 5.69 Å². The fourth-order valence-electron chi connectivity index (χ4n) is 3.13. The third kappa shape index (κ3) is 4.54. The van der Waals surface area contributed by atoms with Gasteiger partial charge in [0, 0.05) is 18.8 Å². The largest absolute Gasteiger partial charge is 0.337 e. The van der Waals surface area contributed by atoms with Gasteiger partial charge in [-0.25, -0.2) is 13.6 Å². The van der Waals surface area contributed by atoms with E-state index in [4.69, 9.17) is 5.14 Å². The summed E-state index contributed by atoms with van der Waals surface area (Å²) in [6, 6.07) is 1.79. The first kappa shape index (κ1) is 17.9. The molecule has 1 aromatic heterocycles. The molecule has 1 amide bonds. The lowest BCUT2D eigenvalue weighted by Gasteiger charge is -2.31. The van der Waals surface area contributed by atoms with E-state index in [1.807, 2.05) is 32.4 Å². The number of nitrogens with zero attached hydrogens (tertiary/aromatic N) is 3. The third-order valence-corrected chi connectivity index (χ3v) is 4.95. The molecule has 0 spiro atoms. The summed E-state index contributed by atoms with van der Waals surface area (Å²) in [6.07, 6.45) is 1.56. The normalized spacial score (nSPS) is 19.9. The number of carbonyl (C=O) groups excluding carboxylic acids is 1. The number of amides is 1. The van der Waals surface area contributed by atoms with E-state index >= 15 is 0 Å². The van der Waals surface area contributed by atoms with Gasteiger partial charge >= 0.3 is 0 Å². The molecule has 0 radical (unpaired) electrons. The zero-order valence-corrected chi connectivity index (χ0v) is 15.1. The van der Waals surface area contributed by atoms with Crippen molar-refractivity contribution in [2.45, 2.75) is 46.1 Å². The van der Waals surface area contributed by atoms with Crippen LogP contribution in [0.15, 0.2) is 6.07 Å². The van der Waals surface area contributed by atoms with Gasteiger partial charge in [-0.15, -0.1) is 0 Å². The Morgan fingerprint density at radius 3 is 2.61 bits per heavy atom. The van der Waals surface area contributed by atoms with Crippen LogP contribution in [0.25, 0.3) is 0 Å². The van der Waals surface area contributed by atoms with Crippen LogP contribution in [-0.2, 0) is 15.6 Å². The summed E-state index contributed by atoms with van der Waals surface area (Å²) in [6.45, 7) is 9.06. The molecular weight excluding hydrogens is 316 g/mol. The van der Waals surface area contributed by atoms with Crippen molar-refractivity contribution in [3.8, 4) is 0 Å². The lowest BCUT2D eigenvalue weighted by molar-refractivity contribution is 0.0676. The van der Waals surface area contributed by atoms with E-state index in [1.54, 1.807) is 11.0 Å². The molecule has 2 heterocycles. The fraction of sp³-hybridized carbons (Fsp3) is 0.733. The number of aromatic nitrogens is 2. The zero-order valence-electron chi connectivity index (χ0n) is 14.2. The summed E-state index contributed by atoms with van der Waals surface area (Å²) >= 11 is 0. The number of carbonyl (C=O) groups is 1. The number of aryl methyl sites for hydroxylation is 1. The van der Waals surface area contributed by atoms with Crippen LogP contribution in [-0.4, -0.2) is 47.8 Å². The van der Waals surface area contributed by atoms with Crippen molar-refractivity contribution >= 4 is 15.9 Å². The molecule has 7 nitrogen and oxygen atoms in total. The second-order valence-electron chi connectivity index (χ2n) is 7.34. The first-order valence-corrected chi connectivity index (χ1v) is 9.56. The van der Waals surface area contributed by atoms with Crippen molar-refractivity contribution in [1.82, 2.24) is 14.7 Å². The van der Waals surface area contributed by atoms with Crippen molar-refractivity contribution in [3.63, 3.8) is 0 Å². The maximum Gasteiger partial charge on any atom is 0.274 e. The molecule has 1 atom stereocenters. The molecule has 2 rings (SSSR count). The Labute approximate surface area is 137 Å². The Hall–Kier alpha value is -1.41. The molecular formula is C15H26N4O3S. The molecule has 2 N–H and O–H groups in total. The summed E-state index contributed by atoms with van der Waals surface area (Å²) in [5.74, 6) is -0.324. The third-order valence-electron chi connectivity index (χ3n) is 4.02. The highest BCUT2D eigenvalue weighted by Gasteiger charge is 2.29. The van der Waals surface area contributed by atoms with Crippen LogP contribution in [0.2, 0.25) is 0 Å². The van der Waals surface area contributed by atoms with Crippen LogP contribution < -0.4 is 5.14 Å². The molecule has 1 aliphatic heterocycles. The van der Waals surface area contributed by atoms with E-state index in [1.165, 1.54) is 0 Å². The van der Waals surface area contributed by atoms with Gasteiger partial charge in [0.2, 0.25) is 10.0 Å². The number of likely N-dealkylation sites (tertiary alicyclic amines) is 1. The Bertz CT molecular complexity index is 688. The lowest BCUT2D eigenvalue weighted by atomic mass is 10.00. The molecule has 0 aliphatic carbocycles. The average molecular weight is 342 g/mol. The topological polar surface area (TPSA) is 98.3 Å². The number of rotatable bonds is 3. The highest BCUT2D eigenvalue weighted by atomic mass is 32.2. The van der Waals surface area contributed by atoms with Crippen LogP contribution in [0, 0.1) is 12.8 Å². The summed E-state index contributed by atoms with van der Waals surface area (Å²) in [5, 5.41) is 9.56. The van der Waals surface area contributed by atoms with Gasteiger partial charge in [-0.1, -0.05) is 0 Å². The Kier molecular flexibility index (Phi) is 4.86. The zero-order chi connectivity index (χ0) is 17.4. The minimum atomic E-state index is -3.52. The van der Waals surface area contributed by atoms with Gasteiger partial charge in [-0.2, -0.15) is 5.10 Å². The minimum absolute atomic E-state index is 0.0771. The summed E-state index contributed by atoms with van der Waals surface area (Å²) < 4.78 is 24.4. The summed E-state index contributed by atoms with van der Waals surface area (Å²) in [5.41, 5.74) is 1.15. The molecule has 1 saturated heterocycles. The molecule has 1 fully saturated rings. The van der Waals surface area contributed by atoms with Crippen LogP contribution in [0.1, 0.15) is 49.8 Å². The number of nitrogens with two attached hydrogens (primary N) is 1. The number of primary sulfonamides is 1. The SMILES string of the molecule is Cc1cc(C(=O)N2CCC[C@H](CS(N)(=O)=O)C2)nn1C(C)(C)C. The number of piperidine rings is 1. The predicted molar refractivity (Wildman–Crippen MR) is 88.6 cm³/mol. The maximum atomic E-state index is 12.7. The van der Waals surface area contributed by atoms with Gasteiger partial charge in [0.25, 0.3) is 5.91 Å². The molecule has 0 unspecified atom stereocenters. The average Bonchev–Trinajstić information content (AvgIpc) is 2.78. The van der Waals surface area contributed by atoms with Crippen molar-refractivity contribution < 1.29 is 13.2 Å². The molecule has 130 valence electrons. The molecule has 1 aliphatic rings.